The number of rotatable bonds is 7. The summed E-state index contributed by atoms with van der Waals surface area (Å²) in [5.41, 5.74) is 3.91. The lowest BCUT2D eigenvalue weighted by Gasteiger charge is -2.22. The molecule has 0 bridgehead atoms. The second kappa shape index (κ2) is 9.20. The topological polar surface area (TPSA) is 59.1 Å². The maximum absolute atomic E-state index is 13.7. The van der Waals surface area contributed by atoms with Crippen LogP contribution < -0.4 is 14.4 Å². The molecule has 33 heavy (non-hydrogen) atoms. The molecule has 1 aliphatic heterocycles. The fourth-order valence-corrected chi connectivity index (χ4v) is 3.98. The summed E-state index contributed by atoms with van der Waals surface area (Å²) in [5, 5.41) is 0. The molecular weight excluding hydrogens is 416 g/mol. The first-order valence-electron chi connectivity index (χ1n) is 10.6. The summed E-state index contributed by atoms with van der Waals surface area (Å²) < 4.78 is 10.8. The van der Waals surface area contributed by atoms with E-state index in [1.165, 1.54) is 12.0 Å². The molecule has 0 saturated carbocycles. The third-order valence-electron chi connectivity index (χ3n) is 5.67. The first-order valence-corrected chi connectivity index (χ1v) is 10.6. The number of aryl methyl sites for hydroxylation is 1. The van der Waals surface area contributed by atoms with E-state index in [1.807, 2.05) is 73.5 Å². The molecule has 4 rings (SSSR count). The van der Waals surface area contributed by atoms with Crippen LogP contribution in [0.15, 0.2) is 78.5 Å². The van der Waals surface area contributed by atoms with Gasteiger partial charge in [0, 0.05) is 19.7 Å². The standard InChI is InChI=1S/C27H26N2O4/c1-18-10-12-20(13-11-18)24-25(28(2)17-19-8-6-5-7-9-19)27(31)29(26(24)30)22-15-14-21(32-3)16-23(22)33-4/h5-16H,17H2,1-4H3. The zero-order chi connectivity index (χ0) is 23.5. The fraction of sp³-hybridized carbons (Fsp3) is 0.185. The maximum atomic E-state index is 13.7. The van der Waals surface area contributed by atoms with Crippen molar-refractivity contribution in [2.75, 3.05) is 26.2 Å². The first-order chi connectivity index (χ1) is 15.9. The normalized spacial score (nSPS) is 13.5. The summed E-state index contributed by atoms with van der Waals surface area (Å²) in [6, 6.07) is 22.5. The number of hydrogen-bond acceptors (Lipinski definition) is 5. The van der Waals surface area contributed by atoms with Crippen LogP contribution in [0.2, 0.25) is 0 Å². The highest BCUT2D eigenvalue weighted by Crippen LogP contribution is 2.40. The molecule has 6 nitrogen and oxygen atoms in total. The molecule has 0 N–H and O–H groups in total. The van der Waals surface area contributed by atoms with Crippen LogP contribution in [-0.4, -0.2) is 38.0 Å². The van der Waals surface area contributed by atoms with Crippen molar-refractivity contribution in [3.8, 4) is 11.5 Å². The fourth-order valence-electron chi connectivity index (χ4n) is 3.98. The molecule has 3 aromatic rings. The largest absolute Gasteiger partial charge is 0.497 e. The van der Waals surface area contributed by atoms with Gasteiger partial charge in [0.1, 0.15) is 17.2 Å². The van der Waals surface area contributed by atoms with Gasteiger partial charge in [-0.3, -0.25) is 9.59 Å². The van der Waals surface area contributed by atoms with Crippen LogP contribution in [0.25, 0.3) is 5.57 Å². The van der Waals surface area contributed by atoms with Crippen LogP contribution in [0.3, 0.4) is 0 Å². The molecule has 0 spiro atoms. The van der Waals surface area contributed by atoms with Crippen molar-refractivity contribution in [3.63, 3.8) is 0 Å². The molecule has 0 unspecified atom stereocenters. The van der Waals surface area contributed by atoms with Crippen LogP contribution in [0, 0.1) is 6.92 Å². The Hall–Kier alpha value is -4.06. The van der Waals surface area contributed by atoms with E-state index in [-0.39, 0.29) is 5.91 Å². The summed E-state index contributed by atoms with van der Waals surface area (Å²) >= 11 is 0. The molecule has 0 saturated heterocycles. The van der Waals surface area contributed by atoms with Crippen LogP contribution >= 0.6 is 0 Å². The Bertz CT molecular complexity index is 1220. The number of benzene rings is 3. The molecule has 0 radical (unpaired) electrons. The first kappa shape index (κ1) is 22.1. The van der Waals surface area contributed by atoms with E-state index in [4.69, 9.17) is 9.47 Å². The predicted molar refractivity (Wildman–Crippen MR) is 128 cm³/mol. The van der Waals surface area contributed by atoms with E-state index in [0.29, 0.717) is 40.6 Å². The monoisotopic (exact) mass is 442 g/mol. The molecule has 1 aliphatic rings. The summed E-state index contributed by atoms with van der Waals surface area (Å²) in [5.74, 6) is 0.175. The Morgan fingerprint density at radius 3 is 2.18 bits per heavy atom. The van der Waals surface area contributed by atoms with Crippen molar-refractivity contribution in [3.05, 3.63) is 95.2 Å². The Balaban J connectivity index is 1.82. The molecule has 0 atom stereocenters. The van der Waals surface area contributed by atoms with Crippen molar-refractivity contribution in [2.24, 2.45) is 0 Å². The summed E-state index contributed by atoms with van der Waals surface area (Å²) in [6.45, 7) is 2.47. The van der Waals surface area contributed by atoms with Crippen LogP contribution in [0.1, 0.15) is 16.7 Å². The van der Waals surface area contributed by atoms with Crippen LogP contribution in [0.4, 0.5) is 5.69 Å². The number of carbonyl (C=O) groups excluding carboxylic acids is 2. The predicted octanol–water partition coefficient (Wildman–Crippen LogP) is 4.43. The van der Waals surface area contributed by atoms with Gasteiger partial charge in [-0.25, -0.2) is 4.90 Å². The molecule has 0 aliphatic carbocycles. The second-order valence-electron chi connectivity index (χ2n) is 7.91. The number of methoxy groups -OCH3 is 2. The van der Waals surface area contributed by atoms with Crippen LogP contribution in [-0.2, 0) is 16.1 Å². The van der Waals surface area contributed by atoms with Gasteiger partial charge in [-0.15, -0.1) is 0 Å². The van der Waals surface area contributed by atoms with E-state index < -0.39 is 5.91 Å². The number of hydrogen-bond donors (Lipinski definition) is 0. The van der Waals surface area contributed by atoms with Gasteiger partial charge in [-0.05, 0) is 30.2 Å². The van der Waals surface area contributed by atoms with Crippen molar-refractivity contribution in [2.45, 2.75) is 13.5 Å². The van der Waals surface area contributed by atoms with Gasteiger partial charge in [0.2, 0.25) is 0 Å². The Kier molecular flexibility index (Phi) is 6.18. The second-order valence-corrected chi connectivity index (χ2v) is 7.91. The van der Waals surface area contributed by atoms with Crippen molar-refractivity contribution >= 4 is 23.1 Å². The SMILES string of the molecule is COc1ccc(N2C(=O)C(c3ccc(C)cc3)=C(N(C)Cc3ccccc3)C2=O)c(OC)c1. The Morgan fingerprint density at radius 1 is 0.848 bits per heavy atom. The lowest BCUT2D eigenvalue weighted by atomic mass is 10.0. The van der Waals surface area contributed by atoms with Gasteiger partial charge in [-0.1, -0.05) is 60.2 Å². The third-order valence-corrected chi connectivity index (χ3v) is 5.67. The zero-order valence-corrected chi connectivity index (χ0v) is 19.2. The summed E-state index contributed by atoms with van der Waals surface area (Å²) in [4.78, 5) is 30.5. The molecule has 168 valence electrons. The van der Waals surface area contributed by atoms with Crippen molar-refractivity contribution in [1.29, 1.82) is 0 Å². The van der Waals surface area contributed by atoms with E-state index >= 15 is 0 Å². The van der Waals surface area contributed by atoms with E-state index in [0.717, 1.165) is 11.1 Å². The van der Waals surface area contributed by atoms with E-state index in [9.17, 15) is 9.59 Å². The van der Waals surface area contributed by atoms with E-state index in [2.05, 4.69) is 0 Å². The minimum atomic E-state index is -0.391. The van der Waals surface area contributed by atoms with Crippen molar-refractivity contribution in [1.82, 2.24) is 4.90 Å². The molecule has 1 heterocycles. The number of likely N-dealkylation sites (N-methyl/N-ethyl adjacent to an activating group) is 1. The molecule has 6 heteroatoms. The highest BCUT2D eigenvalue weighted by molar-refractivity contribution is 6.45. The number of carbonyl (C=O) groups is 2. The Morgan fingerprint density at radius 2 is 1.55 bits per heavy atom. The number of anilines is 1. The van der Waals surface area contributed by atoms with Gasteiger partial charge in [0.15, 0.2) is 0 Å². The number of imide groups is 1. The highest BCUT2D eigenvalue weighted by Gasteiger charge is 2.42. The molecular formula is C27H26N2O4. The zero-order valence-electron chi connectivity index (χ0n) is 19.2. The highest BCUT2D eigenvalue weighted by atomic mass is 16.5. The quantitative estimate of drug-likeness (QED) is 0.507. The van der Waals surface area contributed by atoms with Gasteiger partial charge in [0.25, 0.3) is 11.8 Å². The van der Waals surface area contributed by atoms with E-state index in [1.54, 1.807) is 25.3 Å². The van der Waals surface area contributed by atoms with Crippen LogP contribution in [0.5, 0.6) is 11.5 Å². The molecule has 3 aromatic carbocycles. The average molecular weight is 443 g/mol. The van der Waals surface area contributed by atoms with Crippen molar-refractivity contribution < 1.29 is 19.1 Å². The third kappa shape index (κ3) is 4.20. The smallest absolute Gasteiger partial charge is 0.282 e. The summed E-state index contributed by atoms with van der Waals surface area (Å²) in [6.07, 6.45) is 0. The number of ether oxygens (including phenoxy) is 2. The molecule has 2 amide bonds. The van der Waals surface area contributed by atoms with Gasteiger partial charge < -0.3 is 14.4 Å². The average Bonchev–Trinajstić information content (AvgIpc) is 3.09. The Labute approximate surface area is 193 Å². The number of nitrogens with zero attached hydrogens (tertiary/aromatic N) is 2. The van der Waals surface area contributed by atoms with Gasteiger partial charge in [0.05, 0.1) is 25.5 Å². The molecule has 0 fully saturated rings. The molecule has 0 aromatic heterocycles. The van der Waals surface area contributed by atoms with Gasteiger partial charge in [-0.2, -0.15) is 0 Å². The van der Waals surface area contributed by atoms with Gasteiger partial charge >= 0.3 is 0 Å². The lowest BCUT2D eigenvalue weighted by molar-refractivity contribution is -0.120. The minimum Gasteiger partial charge on any atom is -0.497 e. The summed E-state index contributed by atoms with van der Waals surface area (Å²) in [7, 11) is 4.88. The lowest BCUT2D eigenvalue weighted by Crippen LogP contribution is -2.34. The minimum absolute atomic E-state index is 0.352. The maximum Gasteiger partial charge on any atom is 0.282 e. The number of amides is 2.